The van der Waals surface area contributed by atoms with Crippen molar-refractivity contribution in [3.8, 4) is 5.75 Å². The van der Waals surface area contributed by atoms with E-state index in [4.69, 9.17) is 4.74 Å². The number of hydrogen-bond acceptors (Lipinski definition) is 4. The van der Waals surface area contributed by atoms with E-state index < -0.39 is 10.0 Å². The molecule has 0 saturated heterocycles. The summed E-state index contributed by atoms with van der Waals surface area (Å²) in [6, 6.07) is 11.0. The number of pyridine rings is 1. The first-order valence-electron chi connectivity index (χ1n) is 9.12. The third kappa shape index (κ3) is 5.21. The van der Waals surface area contributed by atoms with Crippen LogP contribution in [-0.2, 0) is 16.6 Å². The summed E-state index contributed by atoms with van der Waals surface area (Å²) < 4.78 is 31.7. The molecule has 0 bridgehead atoms. The van der Waals surface area contributed by atoms with E-state index in [9.17, 15) is 8.42 Å². The molecule has 1 aromatic carbocycles. The van der Waals surface area contributed by atoms with Gasteiger partial charge in [0.05, 0.1) is 25.1 Å². The summed E-state index contributed by atoms with van der Waals surface area (Å²) in [5.41, 5.74) is 1.47. The fraction of sp³-hybridized carbons (Fsp3) is 0.450. The van der Waals surface area contributed by atoms with E-state index in [0.717, 1.165) is 17.9 Å². The second-order valence-electron chi connectivity index (χ2n) is 6.94. The minimum atomic E-state index is -3.39. The Kier molecular flexibility index (Phi) is 6.14. The van der Waals surface area contributed by atoms with Gasteiger partial charge in [-0.1, -0.05) is 25.3 Å². The molecule has 5 nitrogen and oxygen atoms in total. The van der Waals surface area contributed by atoms with Crippen LogP contribution >= 0.6 is 0 Å². The number of nitrogens with zero attached hydrogens (tertiary/aromatic N) is 2. The minimum absolute atomic E-state index is 0.259. The molecule has 0 N–H and O–H groups in total. The van der Waals surface area contributed by atoms with Crippen LogP contribution in [0.3, 0.4) is 0 Å². The standard InChI is InChI=1S/C20H26N2O3S/c1-26(23,24)22(15-18-8-5-13-21-14-18)19-9-11-20(12-10-19)25-16-17-6-3-2-4-7-17/h5,8-14,17H,2-4,6-7,15-16H2,1H3. The summed E-state index contributed by atoms with van der Waals surface area (Å²) in [6.07, 6.45) is 11.0. The van der Waals surface area contributed by atoms with Crippen LogP contribution < -0.4 is 9.04 Å². The van der Waals surface area contributed by atoms with Gasteiger partial charge in [0, 0.05) is 12.4 Å². The van der Waals surface area contributed by atoms with Crippen LogP contribution in [0.1, 0.15) is 37.7 Å². The van der Waals surface area contributed by atoms with Crippen LogP contribution in [0.25, 0.3) is 0 Å². The van der Waals surface area contributed by atoms with Crippen molar-refractivity contribution >= 4 is 15.7 Å². The van der Waals surface area contributed by atoms with E-state index in [0.29, 0.717) is 11.6 Å². The maximum absolute atomic E-state index is 12.2. The number of anilines is 1. The molecule has 1 heterocycles. The average Bonchev–Trinajstić information content (AvgIpc) is 2.66. The summed E-state index contributed by atoms with van der Waals surface area (Å²) >= 11 is 0. The van der Waals surface area contributed by atoms with Crippen molar-refractivity contribution in [1.29, 1.82) is 0 Å². The summed E-state index contributed by atoms with van der Waals surface area (Å²) in [5.74, 6) is 1.43. The number of hydrogen-bond donors (Lipinski definition) is 0. The Morgan fingerprint density at radius 3 is 2.46 bits per heavy atom. The molecule has 0 atom stereocenters. The van der Waals surface area contributed by atoms with Crippen LogP contribution in [-0.4, -0.2) is 26.3 Å². The monoisotopic (exact) mass is 374 g/mol. The molecule has 3 rings (SSSR count). The van der Waals surface area contributed by atoms with Gasteiger partial charge in [-0.3, -0.25) is 9.29 Å². The summed E-state index contributed by atoms with van der Waals surface area (Å²) in [6.45, 7) is 1.000. The fourth-order valence-corrected chi connectivity index (χ4v) is 4.22. The van der Waals surface area contributed by atoms with E-state index in [-0.39, 0.29) is 6.54 Å². The van der Waals surface area contributed by atoms with Gasteiger partial charge in [0.2, 0.25) is 10.0 Å². The Balaban J connectivity index is 1.67. The zero-order valence-corrected chi connectivity index (χ0v) is 16.0. The van der Waals surface area contributed by atoms with Crippen LogP contribution in [0.2, 0.25) is 0 Å². The highest BCUT2D eigenvalue weighted by molar-refractivity contribution is 7.92. The van der Waals surface area contributed by atoms with Crippen molar-refractivity contribution in [3.05, 3.63) is 54.4 Å². The maximum atomic E-state index is 12.2. The largest absolute Gasteiger partial charge is 0.493 e. The van der Waals surface area contributed by atoms with Crippen molar-refractivity contribution in [2.24, 2.45) is 5.92 Å². The van der Waals surface area contributed by atoms with E-state index in [1.165, 1.54) is 42.7 Å². The van der Waals surface area contributed by atoms with Crippen LogP contribution in [0.15, 0.2) is 48.8 Å². The van der Waals surface area contributed by atoms with Gasteiger partial charge in [0.25, 0.3) is 0 Å². The predicted molar refractivity (Wildman–Crippen MR) is 104 cm³/mol. The average molecular weight is 375 g/mol. The number of sulfonamides is 1. The topological polar surface area (TPSA) is 59.5 Å². The Hall–Kier alpha value is -2.08. The van der Waals surface area contributed by atoms with Gasteiger partial charge in [-0.05, 0) is 54.7 Å². The van der Waals surface area contributed by atoms with Crippen molar-refractivity contribution in [1.82, 2.24) is 4.98 Å². The smallest absolute Gasteiger partial charge is 0.232 e. The summed E-state index contributed by atoms with van der Waals surface area (Å²) in [7, 11) is -3.39. The molecule has 1 aliphatic rings. The minimum Gasteiger partial charge on any atom is -0.493 e. The SMILES string of the molecule is CS(=O)(=O)N(Cc1cccnc1)c1ccc(OCC2CCCCC2)cc1. The molecular formula is C20H26N2O3S. The Labute approximate surface area is 156 Å². The third-order valence-electron chi connectivity index (χ3n) is 4.78. The normalized spacial score (nSPS) is 15.6. The third-order valence-corrected chi connectivity index (χ3v) is 5.93. The molecule has 140 valence electrons. The van der Waals surface area contributed by atoms with Crippen molar-refractivity contribution < 1.29 is 13.2 Å². The quantitative estimate of drug-likeness (QED) is 0.735. The van der Waals surface area contributed by atoms with Gasteiger partial charge in [0.1, 0.15) is 5.75 Å². The Morgan fingerprint density at radius 1 is 1.12 bits per heavy atom. The van der Waals surface area contributed by atoms with Crippen molar-refractivity contribution in [2.75, 3.05) is 17.2 Å². The van der Waals surface area contributed by atoms with E-state index in [2.05, 4.69) is 4.98 Å². The van der Waals surface area contributed by atoms with Gasteiger partial charge in [-0.15, -0.1) is 0 Å². The number of benzene rings is 1. The molecule has 1 aliphatic carbocycles. The molecule has 0 radical (unpaired) electrons. The predicted octanol–water partition coefficient (Wildman–Crippen LogP) is 4.01. The molecule has 0 amide bonds. The molecule has 0 unspecified atom stereocenters. The molecule has 2 aromatic rings. The van der Waals surface area contributed by atoms with Crippen molar-refractivity contribution in [2.45, 2.75) is 38.6 Å². The highest BCUT2D eigenvalue weighted by atomic mass is 32.2. The highest BCUT2D eigenvalue weighted by Crippen LogP contribution is 2.26. The lowest BCUT2D eigenvalue weighted by molar-refractivity contribution is 0.209. The van der Waals surface area contributed by atoms with Gasteiger partial charge in [-0.25, -0.2) is 8.42 Å². The highest BCUT2D eigenvalue weighted by Gasteiger charge is 2.18. The molecule has 0 spiro atoms. The van der Waals surface area contributed by atoms with Crippen LogP contribution in [0.5, 0.6) is 5.75 Å². The molecule has 1 fully saturated rings. The lowest BCUT2D eigenvalue weighted by Crippen LogP contribution is -2.29. The first kappa shape index (κ1) is 18.7. The zero-order valence-electron chi connectivity index (χ0n) is 15.2. The van der Waals surface area contributed by atoms with Gasteiger partial charge >= 0.3 is 0 Å². The second kappa shape index (κ2) is 8.54. The van der Waals surface area contributed by atoms with E-state index in [1.54, 1.807) is 30.6 Å². The first-order valence-corrected chi connectivity index (χ1v) is 11.0. The van der Waals surface area contributed by atoms with Gasteiger partial charge < -0.3 is 4.74 Å². The number of ether oxygens (including phenoxy) is 1. The number of rotatable bonds is 7. The van der Waals surface area contributed by atoms with Crippen LogP contribution in [0.4, 0.5) is 5.69 Å². The molecule has 0 aliphatic heterocycles. The molecule has 1 saturated carbocycles. The number of aromatic nitrogens is 1. The van der Waals surface area contributed by atoms with E-state index in [1.807, 2.05) is 18.2 Å². The van der Waals surface area contributed by atoms with Crippen molar-refractivity contribution in [3.63, 3.8) is 0 Å². The first-order chi connectivity index (χ1) is 12.5. The summed E-state index contributed by atoms with van der Waals surface area (Å²) in [5, 5.41) is 0. The molecule has 6 heteroatoms. The molecular weight excluding hydrogens is 348 g/mol. The fourth-order valence-electron chi connectivity index (χ4n) is 3.33. The molecule has 1 aromatic heterocycles. The van der Waals surface area contributed by atoms with Gasteiger partial charge in [-0.2, -0.15) is 0 Å². The lowest BCUT2D eigenvalue weighted by Gasteiger charge is -2.23. The zero-order chi connectivity index (χ0) is 18.4. The summed E-state index contributed by atoms with van der Waals surface area (Å²) in [4.78, 5) is 4.05. The second-order valence-corrected chi connectivity index (χ2v) is 8.85. The lowest BCUT2D eigenvalue weighted by atomic mass is 9.90. The van der Waals surface area contributed by atoms with E-state index >= 15 is 0 Å². The molecule has 26 heavy (non-hydrogen) atoms. The van der Waals surface area contributed by atoms with Gasteiger partial charge in [0.15, 0.2) is 0 Å². The van der Waals surface area contributed by atoms with Crippen LogP contribution in [0, 0.1) is 5.92 Å². The maximum Gasteiger partial charge on any atom is 0.232 e. The Morgan fingerprint density at radius 2 is 1.85 bits per heavy atom. The Bertz CT molecular complexity index is 786.